The highest BCUT2D eigenvalue weighted by atomic mass is 14.8. The minimum atomic E-state index is -0.466. The van der Waals surface area contributed by atoms with Gasteiger partial charge in [-0.15, -0.1) is 0 Å². The van der Waals surface area contributed by atoms with E-state index in [1.807, 2.05) is 13.8 Å². The molecule has 61 heavy (non-hydrogen) atoms. The fourth-order valence-corrected chi connectivity index (χ4v) is 10.0. The van der Waals surface area contributed by atoms with E-state index in [0.717, 1.165) is 12.8 Å². The predicted molar refractivity (Wildman–Crippen MR) is 259 cm³/mol. The van der Waals surface area contributed by atoms with Gasteiger partial charge in [-0.1, -0.05) is 222 Å². The quantitative estimate of drug-likeness (QED) is 0.144. The number of allylic oxidation sites excluding steroid dienone is 8. The second kappa shape index (κ2) is 17.0. The van der Waals surface area contributed by atoms with Gasteiger partial charge in [0.05, 0.1) is 5.41 Å². The summed E-state index contributed by atoms with van der Waals surface area (Å²) in [5.41, 5.74) is 20.2. The SMILES string of the molecule is CC.CC1(C)c2ccccc2-c2ccc(\C(=C/C=C\C=C\NC3=CC=C(c4ccccc4)CC3)c3cccc4c3-c3ccccc3C4(c3ccccc3)c3ccccc3)cc21. The molecule has 0 unspecified atom stereocenters. The van der Waals surface area contributed by atoms with Crippen molar-refractivity contribution in [2.75, 3.05) is 0 Å². The van der Waals surface area contributed by atoms with Gasteiger partial charge in [-0.05, 0) is 115 Å². The molecule has 0 fully saturated rings. The maximum Gasteiger partial charge on any atom is 0.0713 e. The van der Waals surface area contributed by atoms with Crippen LogP contribution in [0.2, 0.25) is 0 Å². The number of rotatable bonds is 9. The van der Waals surface area contributed by atoms with Crippen LogP contribution in [0.15, 0.2) is 224 Å². The second-order valence-corrected chi connectivity index (χ2v) is 16.4. The first-order valence-electron chi connectivity index (χ1n) is 21.9. The molecule has 0 heterocycles. The Morgan fingerprint density at radius 2 is 1.11 bits per heavy atom. The molecule has 298 valence electrons. The normalized spacial score (nSPS) is 15.5. The smallest absolute Gasteiger partial charge is 0.0713 e. The van der Waals surface area contributed by atoms with Crippen LogP contribution in [-0.2, 0) is 10.8 Å². The molecule has 10 rings (SSSR count). The Labute approximate surface area is 362 Å². The molecule has 0 bridgehead atoms. The van der Waals surface area contributed by atoms with E-state index in [-0.39, 0.29) is 5.41 Å². The van der Waals surface area contributed by atoms with Crippen LogP contribution < -0.4 is 5.32 Å². The number of nitrogens with one attached hydrogen (secondary N) is 1. The summed E-state index contributed by atoms with van der Waals surface area (Å²) in [6, 6.07) is 64.9. The lowest BCUT2D eigenvalue weighted by Crippen LogP contribution is -2.28. The summed E-state index contributed by atoms with van der Waals surface area (Å²) in [4.78, 5) is 0. The highest BCUT2D eigenvalue weighted by Crippen LogP contribution is 2.58. The predicted octanol–water partition coefficient (Wildman–Crippen LogP) is 15.2. The van der Waals surface area contributed by atoms with E-state index in [0.29, 0.717) is 0 Å². The summed E-state index contributed by atoms with van der Waals surface area (Å²) in [6.07, 6.45) is 17.3. The monoisotopic (exact) mass is 787 g/mol. The molecule has 0 spiro atoms. The van der Waals surface area contributed by atoms with Crippen molar-refractivity contribution in [3.63, 3.8) is 0 Å². The molecule has 1 N–H and O–H groups in total. The van der Waals surface area contributed by atoms with Gasteiger partial charge in [0.2, 0.25) is 0 Å². The Kier molecular flexibility index (Phi) is 11.0. The molecule has 0 aromatic heterocycles. The number of fused-ring (bicyclic) bond motifs is 6. The first-order valence-corrected chi connectivity index (χ1v) is 21.9. The Hall–Kier alpha value is -6.96. The Balaban J connectivity index is 0.00000235. The lowest BCUT2D eigenvalue weighted by molar-refractivity contribution is 0.660. The fraction of sp³-hybridized carbons (Fsp3) is 0.133. The van der Waals surface area contributed by atoms with Gasteiger partial charge < -0.3 is 5.32 Å². The minimum absolute atomic E-state index is 0.108. The molecule has 0 aliphatic heterocycles. The molecular weight excluding hydrogens is 735 g/mol. The molecule has 0 atom stereocenters. The summed E-state index contributed by atoms with van der Waals surface area (Å²) < 4.78 is 0. The largest absolute Gasteiger partial charge is 0.365 e. The van der Waals surface area contributed by atoms with E-state index in [2.05, 4.69) is 238 Å². The molecule has 1 heteroatoms. The van der Waals surface area contributed by atoms with Crippen LogP contribution >= 0.6 is 0 Å². The number of benzene rings is 7. The van der Waals surface area contributed by atoms with Crippen LogP contribution in [0, 0.1) is 0 Å². The van der Waals surface area contributed by atoms with Crippen molar-refractivity contribution >= 4 is 11.1 Å². The van der Waals surface area contributed by atoms with Crippen LogP contribution in [0.3, 0.4) is 0 Å². The zero-order valence-electron chi connectivity index (χ0n) is 35.7. The molecular formula is C60H53N. The fourth-order valence-electron chi connectivity index (χ4n) is 10.0. The molecule has 3 aliphatic rings. The molecule has 1 nitrogen and oxygen atoms in total. The van der Waals surface area contributed by atoms with E-state index >= 15 is 0 Å². The average molecular weight is 788 g/mol. The van der Waals surface area contributed by atoms with Gasteiger partial charge >= 0.3 is 0 Å². The molecule has 0 saturated carbocycles. The van der Waals surface area contributed by atoms with Gasteiger partial charge in [0.1, 0.15) is 0 Å². The highest BCUT2D eigenvalue weighted by molar-refractivity contribution is 5.97. The van der Waals surface area contributed by atoms with E-state index in [1.54, 1.807) is 0 Å². The van der Waals surface area contributed by atoms with Crippen LogP contribution in [0.25, 0.3) is 33.4 Å². The van der Waals surface area contributed by atoms with Crippen molar-refractivity contribution in [1.29, 1.82) is 0 Å². The Bertz CT molecular complexity index is 2810. The third-order valence-electron chi connectivity index (χ3n) is 12.8. The van der Waals surface area contributed by atoms with Gasteiger partial charge in [-0.2, -0.15) is 0 Å². The summed E-state index contributed by atoms with van der Waals surface area (Å²) in [5.74, 6) is 0. The van der Waals surface area contributed by atoms with Gasteiger partial charge in [0, 0.05) is 17.3 Å². The summed E-state index contributed by atoms with van der Waals surface area (Å²) in [5, 5.41) is 3.54. The third kappa shape index (κ3) is 6.95. The van der Waals surface area contributed by atoms with E-state index in [1.165, 1.54) is 89.2 Å². The zero-order chi connectivity index (χ0) is 41.8. The summed E-state index contributed by atoms with van der Waals surface area (Å²) >= 11 is 0. The second-order valence-electron chi connectivity index (χ2n) is 16.4. The maximum absolute atomic E-state index is 3.54. The van der Waals surface area contributed by atoms with Crippen molar-refractivity contribution in [3.05, 3.63) is 274 Å². The summed E-state index contributed by atoms with van der Waals surface area (Å²) in [7, 11) is 0. The van der Waals surface area contributed by atoms with Crippen LogP contribution in [0.4, 0.5) is 0 Å². The van der Waals surface area contributed by atoms with Gasteiger partial charge in [0.15, 0.2) is 0 Å². The van der Waals surface area contributed by atoms with Crippen molar-refractivity contribution in [2.24, 2.45) is 0 Å². The van der Waals surface area contributed by atoms with Crippen molar-refractivity contribution in [3.8, 4) is 22.3 Å². The van der Waals surface area contributed by atoms with E-state index in [9.17, 15) is 0 Å². The number of hydrogen-bond acceptors (Lipinski definition) is 1. The van der Waals surface area contributed by atoms with Crippen molar-refractivity contribution < 1.29 is 0 Å². The first kappa shape index (κ1) is 39.5. The van der Waals surface area contributed by atoms with E-state index in [4.69, 9.17) is 0 Å². The van der Waals surface area contributed by atoms with Crippen molar-refractivity contribution in [2.45, 2.75) is 51.4 Å². The van der Waals surface area contributed by atoms with Gasteiger partial charge in [-0.25, -0.2) is 0 Å². The lowest BCUT2D eigenvalue weighted by atomic mass is 9.67. The molecule has 3 aliphatic carbocycles. The van der Waals surface area contributed by atoms with Crippen molar-refractivity contribution in [1.82, 2.24) is 5.32 Å². The standard InChI is InChI=1S/C58H47N.C2H6/c1-57(2)52-30-16-14-27-48(52)49-38-35-43(40-55(49)57)47(26-13-6-18-39-59-46-36-33-42(34-37-46)41-20-7-3-8-21-41)50-29-19-32-54-56(50)51-28-15-17-31-53(51)58(54,44-22-9-4-10-23-44)45-24-11-5-12-25-45;1-2/h3-33,35-36,38-40,59H,34,37H2,1-2H3;1-2H3/b13-6-,39-18+,47-26+;. The highest BCUT2D eigenvalue weighted by Gasteiger charge is 2.47. The molecule has 7 aromatic carbocycles. The van der Waals surface area contributed by atoms with E-state index < -0.39 is 5.41 Å². The van der Waals surface area contributed by atoms with Crippen LogP contribution in [0.5, 0.6) is 0 Å². The van der Waals surface area contributed by atoms with Crippen LogP contribution in [0.1, 0.15) is 90.6 Å². The van der Waals surface area contributed by atoms with Gasteiger partial charge in [-0.3, -0.25) is 0 Å². The topological polar surface area (TPSA) is 12.0 Å². The Morgan fingerprint density at radius 3 is 1.80 bits per heavy atom. The third-order valence-corrected chi connectivity index (χ3v) is 12.8. The van der Waals surface area contributed by atoms with Gasteiger partial charge in [0.25, 0.3) is 0 Å². The maximum atomic E-state index is 3.54. The van der Waals surface area contributed by atoms with Crippen LogP contribution in [-0.4, -0.2) is 0 Å². The average Bonchev–Trinajstić information content (AvgIpc) is 3.76. The lowest BCUT2D eigenvalue weighted by Gasteiger charge is -2.34. The zero-order valence-corrected chi connectivity index (χ0v) is 35.7. The molecule has 0 saturated heterocycles. The molecule has 0 radical (unpaired) electrons. The molecule has 7 aromatic rings. The summed E-state index contributed by atoms with van der Waals surface area (Å²) in [6.45, 7) is 8.74. The molecule has 0 amide bonds. The first-order chi connectivity index (χ1) is 30.0. The Morgan fingerprint density at radius 1 is 0.508 bits per heavy atom. The minimum Gasteiger partial charge on any atom is -0.365 e. The number of hydrogen-bond donors (Lipinski definition) is 1.